The van der Waals surface area contributed by atoms with Crippen molar-refractivity contribution >= 4 is 0 Å². The van der Waals surface area contributed by atoms with Crippen LogP contribution in [0.2, 0.25) is 0 Å². The second-order valence-corrected chi connectivity index (χ2v) is 9.29. The van der Waals surface area contributed by atoms with Crippen molar-refractivity contribution < 1.29 is 0 Å². The number of nitrogens with zero attached hydrogens (tertiary/aromatic N) is 1. The predicted molar refractivity (Wildman–Crippen MR) is 145 cm³/mol. The molecule has 0 aliphatic heterocycles. The lowest BCUT2D eigenvalue weighted by atomic mass is 9.99. The minimum atomic E-state index is 0.991. The lowest BCUT2D eigenvalue weighted by Gasteiger charge is -2.11. The summed E-state index contributed by atoms with van der Waals surface area (Å²) in [6.07, 6.45) is 8.37. The van der Waals surface area contributed by atoms with Gasteiger partial charge >= 0.3 is 0 Å². The first-order valence-corrected chi connectivity index (χ1v) is 12.9. The van der Waals surface area contributed by atoms with Crippen molar-refractivity contribution in [2.24, 2.45) is 0 Å². The van der Waals surface area contributed by atoms with Crippen molar-refractivity contribution in [1.29, 1.82) is 0 Å². The summed E-state index contributed by atoms with van der Waals surface area (Å²) < 4.78 is 0. The Morgan fingerprint density at radius 2 is 0.853 bits per heavy atom. The van der Waals surface area contributed by atoms with Gasteiger partial charge in [0.1, 0.15) is 0 Å². The normalized spacial score (nSPS) is 11.0. The van der Waals surface area contributed by atoms with E-state index < -0.39 is 0 Å². The molecule has 0 saturated heterocycles. The molecule has 0 radical (unpaired) electrons. The van der Waals surface area contributed by atoms with Crippen LogP contribution in [0.15, 0.2) is 91.0 Å². The Morgan fingerprint density at radius 3 is 1.38 bits per heavy atom. The first kappa shape index (κ1) is 24.0. The Hall–Kier alpha value is -3.19. The van der Waals surface area contributed by atoms with E-state index in [0.717, 1.165) is 51.4 Å². The molecule has 0 spiro atoms. The van der Waals surface area contributed by atoms with Crippen molar-refractivity contribution in [1.82, 2.24) is 4.98 Å². The maximum absolute atomic E-state index is 5.10. The van der Waals surface area contributed by atoms with Gasteiger partial charge in [0.15, 0.2) is 0 Å². The predicted octanol–water partition coefficient (Wildman–Crippen LogP) is 7.56. The molecule has 4 rings (SSSR count). The van der Waals surface area contributed by atoms with E-state index >= 15 is 0 Å². The van der Waals surface area contributed by atoms with Crippen LogP contribution in [-0.4, -0.2) is 4.98 Å². The highest BCUT2D eigenvalue weighted by molar-refractivity contribution is 5.29. The van der Waals surface area contributed by atoms with Crippen LogP contribution in [0.5, 0.6) is 0 Å². The standard InChI is InChI=1S/C33H37N/c1-3-26-12-8-14-29(22-26)18-20-32-24-31(17-16-28-10-6-5-7-11-28)25-33(34-32)21-19-30-15-9-13-27(4-2)23-30/h5-15,22-25H,3-4,16-21H2,1-2H3. The van der Waals surface area contributed by atoms with Crippen molar-refractivity contribution in [3.63, 3.8) is 0 Å². The monoisotopic (exact) mass is 447 g/mol. The Balaban J connectivity index is 1.49. The van der Waals surface area contributed by atoms with E-state index in [1.807, 2.05) is 0 Å². The second kappa shape index (κ2) is 12.3. The molecule has 0 unspecified atom stereocenters. The first-order valence-electron chi connectivity index (χ1n) is 12.9. The van der Waals surface area contributed by atoms with Crippen LogP contribution in [0.3, 0.4) is 0 Å². The zero-order valence-corrected chi connectivity index (χ0v) is 20.8. The van der Waals surface area contributed by atoms with E-state index in [-0.39, 0.29) is 0 Å². The molecule has 1 aromatic heterocycles. The van der Waals surface area contributed by atoms with Gasteiger partial charge in [0.25, 0.3) is 0 Å². The summed E-state index contributed by atoms with van der Waals surface area (Å²) >= 11 is 0. The summed E-state index contributed by atoms with van der Waals surface area (Å²) in [5.74, 6) is 0. The molecule has 0 N–H and O–H groups in total. The van der Waals surface area contributed by atoms with Crippen molar-refractivity contribution in [2.75, 3.05) is 0 Å². The first-order chi connectivity index (χ1) is 16.7. The molecule has 0 aliphatic carbocycles. The maximum atomic E-state index is 5.10. The number of aromatic nitrogens is 1. The van der Waals surface area contributed by atoms with Gasteiger partial charge in [-0.1, -0.05) is 92.7 Å². The molecule has 0 bridgehead atoms. The number of benzene rings is 3. The topological polar surface area (TPSA) is 12.9 Å². The van der Waals surface area contributed by atoms with Crippen LogP contribution in [0, 0.1) is 0 Å². The third-order valence-corrected chi connectivity index (χ3v) is 6.68. The number of hydrogen-bond acceptors (Lipinski definition) is 1. The third kappa shape index (κ3) is 7.15. The molecule has 1 heteroatoms. The Bertz CT molecular complexity index is 1110. The molecule has 0 saturated carbocycles. The summed E-state index contributed by atoms with van der Waals surface area (Å²) in [4.78, 5) is 5.10. The van der Waals surface area contributed by atoms with Crippen molar-refractivity contribution in [2.45, 2.75) is 65.2 Å². The fourth-order valence-corrected chi connectivity index (χ4v) is 4.61. The van der Waals surface area contributed by atoms with Gasteiger partial charge in [0.05, 0.1) is 0 Å². The van der Waals surface area contributed by atoms with Crippen LogP contribution in [0.4, 0.5) is 0 Å². The van der Waals surface area contributed by atoms with E-state index in [1.165, 1.54) is 44.8 Å². The fraction of sp³-hybridized carbons (Fsp3) is 0.303. The minimum absolute atomic E-state index is 0.991. The molecule has 174 valence electrons. The number of hydrogen-bond donors (Lipinski definition) is 0. The molecule has 0 fully saturated rings. The maximum Gasteiger partial charge on any atom is 0.0413 e. The molecule has 1 heterocycles. The van der Waals surface area contributed by atoms with Crippen molar-refractivity contribution in [3.05, 3.63) is 136 Å². The largest absolute Gasteiger partial charge is 0.258 e. The zero-order valence-electron chi connectivity index (χ0n) is 20.8. The molecule has 0 atom stereocenters. The smallest absolute Gasteiger partial charge is 0.0413 e. The van der Waals surface area contributed by atoms with Crippen LogP contribution >= 0.6 is 0 Å². The van der Waals surface area contributed by atoms with Crippen LogP contribution in [-0.2, 0) is 51.4 Å². The van der Waals surface area contributed by atoms with Crippen LogP contribution in [0.25, 0.3) is 0 Å². The number of pyridine rings is 1. The van der Waals surface area contributed by atoms with Gasteiger partial charge in [0, 0.05) is 11.4 Å². The molecule has 3 aromatic carbocycles. The molecule has 0 amide bonds. The summed E-state index contributed by atoms with van der Waals surface area (Å²) in [7, 11) is 0. The molecule has 1 nitrogen and oxygen atoms in total. The quantitative estimate of drug-likeness (QED) is 0.231. The Labute approximate surface area is 205 Å². The van der Waals surface area contributed by atoms with Crippen LogP contribution in [0.1, 0.15) is 58.6 Å². The molecular formula is C33H37N. The van der Waals surface area contributed by atoms with Gasteiger partial charge in [-0.25, -0.2) is 0 Å². The van der Waals surface area contributed by atoms with Gasteiger partial charge < -0.3 is 0 Å². The van der Waals surface area contributed by atoms with Gasteiger partial charge in [-0.2, -0.15) is 0 Å². The van der Waals surface area contributed by atoms with Gasteiger partial charge in [-0.15, -0.1) is 0 Å². The molecule has 34 heavy (non-hydrogen) atoms. The van der Waals surface area contributed by atoms with Gasteiger partial charge in [-0.05, 0) is 96.9 Å². The summed E-state index contributed by atoms with van der Waals surface area (Å²) in [6, 6.07) is 33.5. The Morgan fingerprint density at radius 1 is 0.412 bits per heavy atom. The average Bonchev–Trinajstić information content (AvgIpc) is 2.90. The second-order valence-electron chi connectivity index (χ2n) is 9.29. The van der Waals surface area contributed by atoms with E-state index in [0.29, 0.717) is 0 Å². The highest BCUT2D eigenvalue weighted by Gasteiger charge is 2.07. The highest BCUT2D eigenvalue weighted by atomic mass is 14.7. The third-order valence-electron chi connectivity index (χ3n) is 6.68. The van der Waals surface area contributed by atoms with Crippen molar-refractivity contribution in [3.8, 4) is 0 Å². The molecule has 4 aromatic rings. The highest BCUT2D eigenvalue weighted by Crippen LogP contribution is 2.16. The Kier molecular flexibility index (Phi) is 8.68. The van der Waals surface area contributed by atoms with Gasteiger partial charge in [-0.3, -0.25) is 4.98 Å². The summed E-state index contributed by atoms with van der Waals surface area (Å²) in [6.45, 7) is 4.44. The summed E-state index contributed by atoms with van der Waals surface area (Å²) in [5.41, 5.74) is 10.9. The number of rotatable bonds is 11. The molecule has 0 aliphatic rings. The van der Waals surface area contributed by atoms with E-state index in [9.17, 15) is 0 Å². The summed E-state index contributed by atoms with van der Waals surface area (Å²) in [5, 5.41) is 0. The lowest BCUT2D eigenvalue weighted by Crippen LogP contribution is -2.04. The zero-order chi connectivity index (χ0) is 23.6. The van der Waals surface area contributed by atoms with Crippen LogP contribution < -0.4 is 0 Å². The van der Waals surface area contributed by atoms with Gasteiger partial charge in [0.2, 0.25) is 0 Å². The van der Waals surface area contributed by atoms with E-state index in [1.54, 1.807) is 0 Å². The fourth-order valence-electron chi connectivity index (χ4n) is 4.61. The lowest BCUT2D eigenvalue weighted by molar-refractivity contribution is 0.838. The molecular weight excluding hydrogens is 410 g/mol. The van der Waals surface area contributed by atoms with E-state index in [2.05, 4.69) is 105 Å². The number of aryl methyl sites for hydroxylation is 8. The SMILES string of the molecule is CCc1cccc(CCc2cc(CCc3ccccc3)cc(CCc3cccc(CC)c3)n2)c1. The average molecular weight is 448 g/mol. The minimum Gasteiger partial charge on any atom is -0.258 e. The van der Waals surface area contributed by atoms with E-state index in [4.69, 9.17) is 4.98 Å².